The molecular weight excluding hydrogens is 407 g/mol. The second kappa shape index (κ2) is 10.7. The summed E-state index contributed by atoms with van der Waals surface area (Å²) in [5, 5.41) is 3.89. The highest BCUT2D eigenvalue weighted by molar-refractivity contribution is 6.35. The van der Waals surface area contributed by atoms with Crippen molar-refractivity contribution in [3.05, 3.63) is 69.2 Å². The van der Waals surface area contributed by atoms with Crippen LogP contribution in [-0.2, 0) is 22.6 Å². The molecule has 1 atom stereocenters. The van der Waals surface area contributed by atoms with E-state index >= 15 is 0 Å². The number of nitrogens with one attached hydrogen (secondary N) is 1. The Balaban J connectivity index is 2.31. The van der Waals surface area contributed by atoms with Crippen LogP contribution >= 0.6 is 23.2 Å². The summed E-state index contributed by atoms with van der Waals surface area (Å²) in [5.74, 6) is -0.300. The van der Waals surface area contributed by atoms with E-state index in [0.717, 1.165) is 11.1 Å². The minimum absolute atomic E-state index is 0.00131. The fourth-order valence-electron chi connectivity index (χ4n) is 3.12. The van der Waals surface area contributed by atoms with E-state index < -0.39 is 6.04 Å². The van der Waals surface area contributed by atoms with Crippen molar-refractivity contribution in [3.63, 3.8) is 0 Å². The van der Waals surface area contributed by atoms with Crippen LogP contribution in [0.25, 0.3) is 0 Å². The zero-order valence-corrected chi connectivity index (χ0v) is 18.8. The van der Waals surface area contributed by atoms with Crippen molar-refractivity contribution in [2.75, 3.05) is 0 Å². The van der Waals surface area contributed by atoms with E-state index in [1.165, 1.54) is 0 Å². The summed E-state index contributed by atoms with van der Waals surface area (Å²) < 4.78 is 0. The topological polar surface area (TPSA) is 49.4 Å². The maximum Gasteiger partial charge on any atom is 0.243 e. The van der Waals surface area contributed by atoms with Crippen molar-refractivity contribution in [1.82, 2.24) is 10.2 Å². The number of carbonyl (C=O) groups excluding carboxylic acids is 2. The molecule has 0 saturated carbocycles. The molecule has 0 aromatic heterocycles. The number of carbonyl (C=O) groups is 2. The molecule has 0 unspecified atom stereocenters. The van der Waals surface area contributed by atoms with Crippen LogP contribution in [0.5, 0.6) is 0 Å². The van der Waals surface area contributed by atoms with Crippen molar-refractivity contribution < 1.29 is 9.59 Å². The summed E-state index contributed by atoms with van der Waals surface area (Å²) in [4.78, 5) is 27.7. The Hall–Kier alpha value is -2.04. The zero-order valence-electron chi connectivity index (χ0n) is 17.3. The number of amides is 2. The minimum atomic E-state index is -0.558. The molecule has 0 heterocycles. The third-order valence-corrected chi connectivity index (χ3v) is 5.23. The van der Waals surface area contributed by atoms with Crippen molar-refractivity contribution in [2.45, 2.75) is 59.2 Å². The van der Waals surface area contributed by atoms with Gasteiger partial charge >= 0.3 is 0 Å². The number of halogens is 2. The first-order chi connectivity index (χ1) is 13.7. The van der Waals surface area contributed by atoms with Crippen LogP contribution in [0.3, 0.4) is 0 Å². The van der Waals surface area contributed by atoms with Crippen LogP contribution in [0.15, 0.2) is 42.5 Å². The molecule has 2 aromatic carbocycles. The molecule has 2 rings (SSSR count). The van der Waals surface area contributed by atoms with Gasteiger partial charge in [-0.25, -0.2) is 0 Å². The van der Waals surface area contributed by atoms with E-state index in [4.69, 9.17) is 23.2 Å². The number of rotatable bonds is 8. The minimum Gasteiger partial charge on any atom is -0.352 e. The standard InChI is InChI=1S/C23H28Cl2N2O2/c1-5-21(23(29)26-15(2)3)27(14-17-8-6-16(4)7-9-17)22(28)12-18-10-11-19(24)13-20(18)25/h6-11,13,15,21H,5,12,14H2,1-4H3,(H,26,29)/t21-/m1/s1. The second-order valence-electron chi connectivity index (χ2n) is 7.51. The van der Waals surface area contributed by atoms with Crippen LogP contribution in [0, 0.1) is 6.92 Å². The van der Waals surface area contributed by atoms with Crippen LogP contribution in [0.1, 0.15) is 43.9 Å². The fourth-order valence-corrected chi connectivity index (χ4v) is 3.60. The summed E-state index contributed by atoms with van der Waals surface area (Å²) in [7, 11) is 0. The summed E-state index contributed by atoms with van der Waals surface area (Å²) in [6, 6.07) is 12.5. The van der Waals surface area contributed by atoms with Gasteiger partial charge in [0.25, 0.3) is 0 Å². The number of hydrogen-bond acceptors (Lipinski definition) is 2. The van der Waals surface area contributed by atoms with Gasteiger partial charge in [-0.05, 0) is 50.5 Å². The molecular formula is C23H28Cl2N2O2. The van der Waals surface area contributed by atoms with Gasteiger partial charge in [0.05, 0.1) is 6.42 Å². The number of aryl methyl sites for hydroxylation is 1. The summed E-state index contributed by atoms with van der Waals surface area (Å²) in [6.07, 6.45) is 0.623. The molecule has 156 valence electrons. The van der Waals surface area contributed by atoms with Gasteiger partial charge in [-0.1, -0.05) is 66.0 Å². The highest BCUT2D eigenvalue weighted by Gasteiger charge is 2.29. The van der Waals surface area contributed by atoms with Crippen LogP contribution < -0.4 is 5.32 Å². The molecule has 2 amide bonds. The third-order valence-electron chi connectivity index (χ3n) is 4.65. The zero-order chi connectivity index (χ0) is 21.6. The first kappa shape index (κ1) is 23.2. The first-order valence-electron chi connectivity index (χ1n) is 9.80. The van der Waals surface area contributed by atoms with Crippen molar-refractivity contribution in [2.24, 2.45) is 0 Å². The Morgan fingerprint density at radius 2 is 1.72 bits per heavy atom. The van der Waals surface area contributed by atoms with E-state index in [9.17, 15) is 9.59 Å². The van der Waals surface area contributed by atoms with Crippen LogP contribution in [0.2, 0.25) is 10.0 Å². The fraction of sp³-hybridized carbons (Fsp3) is 0.391. The predicted octanol–water partition coefficient (Wildman–Crippen LogP) is 5.18. The monoisotopic (exact) mass is 434 g/mol. The molecule has 1 N–H and O–H groups in total. The molecule has 0 radical (unpaired) electrons. The molecule has 6 heteroatoms. The van der Waals surface area contributed by atoms with E-state index in [0.29, 0.717) is 28.6 Å². The molecule has 29 heavy (non-hydrogen) atoms. The molecule has 0 fully saturated rings. The molecule has 4 nitrogen and oxygen atoms in total. The first-order valence-corrected chi connectivity index (χ1v) is 10.6. The van der Waals surface area contributed by atoms with Crippen molar-refractivity contribution >= 4 is 35.0 Å². The Morgan fingerprint density at radius 3 is 2.28 bits per heavy atom. The van der Waals surface area contributed by atoms with Gasteiger partial charge in [-0.2, -0.15) is 0 Å². The highest BCUT2D eigenvalue weighted by Crippen LogP contribution is 2.23. The maximum atomic E-state index is 13.3. The van der Waals surface area contributed by atoms with Gasteiger partial charge < -0.3 is 10.2 Å². The molecule has 0 aliphatic heterocycles. The average molecular weight is 435 g/mol. The normalized spacial score (nSPS) is 12.0. The molecule has 0 aliphatic rings. The number of benzene rings is 2. The number of hydrogen-bond donors (Lipinski definition) is 1. The molecule has 0 spiro atoms. The van der Waals surface area contributed by atoms with Crippen molar-refractivity contribution in [3.8, 4) is 0 Å². The lowest BCUT2D eigenvalue weighted by Gasteiger charge is -2.31. The van der Waals surface area contributed by atoms with Gasteiger partial charge in [0, 0.05) is 22.6 Å². The lowest BCUT2D eigenvalue weighted by molar-refractivity contribution is -0.141. The molecule has 0 saturated heterocycles. The summed E-state index contributed by atoms with van der Waals surface area (Å²) in [6.45, 7) is 8.10. The quantitative estimate of drug-likeness (QED) is 0.622. The smallest absolute Gasteiger partial charge is 0.243 e. The van der Waals surface area contributed by atoms with Gasteiger partial charge in [-0.3, -0.25) is 9.59 Å². The van der Waals surface area contributed by atoms with Crippen LogP contribution in [0.4, 0.5) is 0 Å². The van der Waals surface area contributed by atoms with E-state index in [-0.39, 0.29) is 24.3 Å². The average Bonchev–Trinajstić information content (AvgIpc) is 2.64. The summed E-state index contributed by atoms with van der Waals surface area (Å²) in [5.41, 5.74) is 2.81. The molecule has 0 aliphatic carbocycles. The summed E-state index contributed by atoms with van der Waals surface area (Å²) >= 11 is 12.2. The Bertz CT molecular complexity index is 850. The van der Waals surface area contributed by atoms with E-state index in [2.05, 4.69) is 5.32 Å². The largest absolute Gasteiger partial charge is 0.352 e. The van der Waals surface area contributed by atoms with Crippen LogP contribution in [-0.4, -0.2) is 28.8 Å². The molecule has 0 bridgehead atoms. The Kier molecular flexibility index (Phi) is 8.54. The highest BCUT2D eigenvalue weighted by atomic mass is 35.5. The SMILES string of the molecule is CC[C@H](C(=O)NC(C)C)N(Cc1ccc(C)cc1)C(=O)Cc1ccc(Cl)cc1Cl. The Labute approximate surface area is 183 Å². The van der Waals surface area contributed by atoms with Crippen molar-refractivity contribution in [1.29, 1.82) is 0 Å². The predicted molar refractivity (Wildman–Crippen MR) is 119 cm³/mol. The van der Waals surface area contributed by atoms with Gasteiger partial charge in [0.1, 0.15) is 6.04 Å². The third kappa shape index (κ3) is 6.76. The Morgan fingerprint density at radius 1 is 1.07 bits per heavy atom. The van der Waals surface area contributed by atoms with Gasteiger partial charge in [0.15, 0.2) is 0 Å². The van der Waals surface area contributed by atoms with Gasteiger partial charge in [-0.15, -0.1) is 0 Å². The van der Waals surface area contributed by atoms with E-state index in [1.807, 2.05) is 52.0 Å². The molecule has 2 aromatic rings. The van der Waals surface area contributed by atoms with E-state index in [1.54, 1.807) is 23.1 Å². The number of nitrogens with zero attached hydrogens (tertiary/aromatic N) is 1. The maximum absolute atomic E-state index is 13.3. The lowest BCUT2D eigenvalue weighted by Crippen LogP contribution is -2.50. The second-order valence-corrected chi connectivity index (χ2v) is 8.35. The lowest BCUT2D eigenvalue weighted by atomic mass is 10.1. The van der Waals surface area contributed by atoms with Gasteiger partial charge in [0.2, 0.25) is 11.8 Å².